The third kappa shape index (κ3) is 3.21. The molecule has 1 fully saturated rings. The lowest BCUT2D eigenvalue weighted by molar-refractivity contribution is -0.129. The molecule has 5 nitrogen and oxygen atoms in total. The maximum atomic E-state index is 11.5. The zero-order chi connectivity index (χ0) is 12.3. The third-order valence-electron chi connectivity index (χ3n) is 2.62. The molecule has 0 aromatic heterocycles. The molecule has 90 valence electrons. The summed E-state index contributed by atoms with van der Waals surface area (Å²) in [6.45, 7) is 0. The van der Waals surface area contributed by atoms with Crippen LogP contribution in [0.25, 0.3) is 0 Å². The van der Waals surface area contributed by atoms with Crippen molar-refractivity contribution in [2.24, 2.45) is 5.92 Å². The van der Waals surface area contributed by atoms with Gasteiger partial charge in [-0.05, 0) is 18.9 Å². The largest absolute Gasteiger partial charge is 0.508 e. The predicted molar refractivity (Wildman–Crippen MR) is 60.8 cm³/mol. The van der Waals surface area contributed by atoms with Gasteiger partial charge in [0.25, 0.3) is 0 Å². The van der Waals surface area contributed by atoms with Crippen LogP contribution in [0.1, 0.15) is 18.4 Å². The molecule has 1 aromatic rings. The van der Waals surface area contributed by atoms with Crippen LogP contribution >= 0.6 is 0 Å². The number of hydrogen-bond acceptors (Lipinski definition) is 3. The molecule has 1 saturated carbocycles. The number of amides is 2. The highest BCUT2D eigenvalue weighted by atomic mass is 16.3. The standard InChI is InChI=1S/C12H14N2O3/c15-10-4-2-1-3-9(10)7-11(16)13-14-12(17)8-5-6-8/h1-4,8,15H,5-7H2,(H,13,16)(H,14,17). The Morgan fingerprint density at radius 1 is 1.24 bits per heavy atom. The van der Waals surface area contributed by atoms with Crippen LogP contribution in [0.4, 0.5) is 0 Å². The minimum Gasteiger partial charge on any atom is -0.508 e. The topological polar surface area (TPSA) is 78.4 Å². The van der Waals surface area contributed by atoms with Crippen molar-refractivity contribution in [2.75, 3.05) is 0 Å². The van der Waals surface area contributed by atoms with Gasteiger partial charge in [-0.15, -0.1) is 0 Å². The summed E-state index contributed by atoms with van der Waals surface area (Å²) in [5.74, 6) is -0.354. The zero-order valence-electron chi connectivity index (χ0n) is 9.27. The van der Waals surface area contributed by atoms with Crippen LogP contribution in [0.5, 0.6) is 5.75 Å². The molecule has 0 atom stereocenters. The smallest absolute Gasteiger partial charge is 0.242 e. The Morgan fingerprint density at radius 2 is 1.94 bits per heavy atom. The van der Waals surface area contributed by atoms with E-state index in [0.29, 0.717) is 5.56 Å². The van der Waals surface area contributed by atoms with Crippen LogP contribution in [0.2, 0.25) is 0 Å². The van der Waals surface area contributed by atoms with Gasteiger partial charge in [-0.3, -0.25) is 20.4 Å². The average molecular weight is 234 g/mol. The van der Waals surface area contributed by atoms with Crippen molar-refractivity contribution in [3.8, 4) is 5.75 Å². The van der Waals surface area contributed by atoms with E-state index >= 15 is 0 Å². The van der Waals surface area contributed by atoms with Crippen molar-refractivity contribution in [1.82, 2.24) is 10.9 Å². The molecule has 5 heteroatoms. The van der Waals surface area contributed by atoms with Gasteiger partial charge in [0.1, 0.15) is 5.75 Å². The second kappa shape index (κ2) is 4.86. The number of phenols is 1. The summed E-state index contributed by atoms with van der Waals surface area (Å²) in [5, 5.41) is 9.47. The van der Waals surface area contributed by atoms with E-state index in [9.17, 15) is 14.7 Å². The number of carbonyl (C=O) groups excluding carboxylic acids is 2. The third-order valence-corrected chi connectivity index (χ3v) is 2.62. The molecule has 1 aliphatic carbocycles. The highest BCUT2D eigenvalue weighted by molar-refractivity contribution is 5.85. The first kappa shape index (κ1) is 11.4. The molecule has 0 saturated heterocycles. The highest BCUT2D eigenvalue weighted by Gasteiger charge is 2.29. The van der Waals surface area contributed by atoms with Crippen LogP contribution < -0.4 is 10.9 Å². The van der Waals surface area contributed by atoms with E-state index in [1.807, 2.05) is 0 Å². The van der Waals surface area contributed by atoms with E-state index in [-0.39, 0.29) is 29.9 Å². The van der Waals surface area contributed by atoms with E-state index < -0.39 is 0 Å². The van der Waals surface area contributed by atoms with E-state index in [1.165, 1.54) is 6.07 Å². The van der Waals surface area contributed by atoms with Crippen molar-refractivity contribution < 1.29 is 14.7 Å². The van der Waals surface area contributed by atoms with Crippen molar-refractivity contribution in [1.29, 1.82) is 0 Å². The minimum atomic E-state index is -0.347. The summed E-state index contributed by atoms with van der Waals surface area (Å²) in [4.78, 5) is 22.7. The van der Waals surface area contributed by atoms with E-state index in [2.05, 4.69) is 10.9 Å². The Kier molecular flexibility index (Phi) is 3.27. The second-order valence-electron chi connectivity index (χ2n) is 4.12. The van der Waals surface area contributed by atoms with Gasteiger partial charge in [-0.2, -0.15) is 0 Å². The first-order chi connectivity index (χ1) is 8.16. The molecule has 0 bridgehead atoms. The molecular weight excluding hydrogens is 220 g/mol. The fourth-order valence-corrected chi connectivity index (χ4v) is 1.46. The number of carbonyl (C=O) groups is 2. The molecule has 0 spiro atoms. The Labute approximate surface area is 98.8 Å². The van der Waals surface area contributed by atoms with Crippen molar-refractivity contribution in [3.05, 3.63) is 29.8 Å². The minimum absolute atomic E-state index is 0.0393. The van der Waals surface area contributed by atoms with Gasteiger partial charge in [-0.25, -0.2) is 0 Å². The molecule has 3 N–H and O–H groups in total. The van der Waals surface area contributed by atoms with Crippen LogP contribution in [0.15, 0.2) is 24.3 Å². The van der Waals surface area contributed by atoms with Crippen LogP contribution in [0.3, 0.4) is 0 Å². The number of hydrogen-bond donors (Lipinski definition) is 3. The van der Waals surface area contributed by atoms with Gasteiger partial charge in [0.2, 0.25) is 11.8 Å². The maximum Gasteiger partial charge on any atom is 0.242 e. The summed E-state index contributed by atoms with van der Waals surface area (Å²) in [5.41, 5.74) is 5.23. The van der Waals surface area contributed by atoms with E-state index in [1.54, 1.807) is 18.2 Å². The number of nitrogens with one attached hydrogen (secondary N) is 2. The molecular formula is C12H14N2O3. The van der Waals surface area contributed by atoms with Crippen molar-refractivity contribution in [2.45, 2.75) is 19.3 Å². The molecule has 0 radical (unpaired) electrons. The molecule has 0 aliphatic heterocycles. The summed E-state index contributed by atoms with van der Waals surface area (Å²) in [6.07, 6.45) is 1.82. The molecule has 0 heterocycles. The highest BCUT2D eigenvalue weighted by Crippen LogP contribution is 2.28. The Morgan fingerprint density at radius 3 is 2.59 bits per heavy atom. The quantitative estimate of drug-likeness (QED) is 0.666. The monoisotopic (exact) mass is 234 g/mol. The lowest BCUT2D eigenvalue weighted by Crippen LogP contribution is -2.43. The lowest BCUT2D eigenvalue weighted by Gasteiger charge is -2.07. The van der Waals surface area contributed by atoms with Gasteiger partial charge < -0.3 is 5.11 Å². The van der Waals surface area contributed by atoms with Crippen LogP contribution in [-0.4, -0.2) is 16.9 Å². The molecule has 2 amide bonds. The van der Waals surface area contributed by atoms with Gasteiger partial charge in [0.05, 0.1) is 6.42 Å². The second-order valence-corrected chi connectivity index (χ2v) is 4.12. The summed E-state index contributed by atoms with van der Waals surface area (Å²) < 4.78 is 0. The van der Waals surface area contributed by atoms with Crippen LogP contribution in [0, 0.1) is 5.92 Å². The normalized spacial score (nSPS) is 14.1. The summed E-state index contributed by atoms with van der Waals surface area (Å²) in [7, 11) is 0. The van der Waals surface area contributed by atoms with Crippen molar-refractivity contribution in [3.63, 3.8) is 0 Å². The first-order valence-electron chi connectivity index (χ1n) is 5.52. The Balaban J connectivity index is 1.80. The lowest BCUT2D eigenvalue weighted by atomic mass is 10.1. The van der Waals surface area contributed by atoms with Gasteiger partial charge in [0, 0.05) is 11.5 Å². The number of phenolic OH excluding ortho intramolecular Hbond substituents is 1. The van der Waals surface area contributed by atoms with Crippen LogP contribution in [-0.2, 0) is 16.0 Å². The number of para-hydroxylation sites is 1. The number of hydrazine groups is 1. The predicted octanol–water partition coefficient (Wildman–Crippen LogP) is 0.492. The first-order valence-corrected chi connectivity index (χ1v) is 5.52. The van der Waals surface area contributed by atoms with Gasteiger partial charge in [-0.1, -0.05) is 18.2 Å². The molecule has 2 rings (SSSR count). The fourth-order valence-electron chi connectivity index (χ4n) is 1.46. The fraction of sp³-hybridized carbons (Fsp3) is 0.333. The van der Waals surface area contributed by atoms with Crippen molar-refractivity contribution >= 4 is 11.8 Å². The Hall–Kier alpha value is -2.04. The molecule has 1 aliphatic rings. The number of benzene rings is 1. The Bertz CT molecular complexity index is 441. The SMILES string of the molecule is O=C(Cc1ccccc1O)NNC(=O)C1CC1. The molecule has 1 aromatic carbocycles. The zero-order valence-corrected chi connectivity index (χ0v) is 9.27. The van der Waals surface area contributed by atoms with E-state index in [0.717, 1.165) is 12.8 Å². The maximum absolute atomic E-state index is 11.5. The van der Waals surface area contributed by atoms with E-state index in [4.69, 9.17) is 0 Å². The molecule has 0 unspecified atom stereocenters. The average Bonchev–Trinajstić information content (AvgIpc) is 3.13. The summed E-state index contributed by atoms with van der Waals surface area (Å²) >= 11 is 0. The molecule has 17 heavy (non-hydrogen) atoms. The summed E-state index contributed by atoms with van der Waals surface area (Å²) in [6, 6.07) is 6.61. The van der Waals surface area contributed by atoms with Gasteiger partial charge >= 0.3 is 0 Å². The number of aromatic hydroxyl groups is 1. The number of rotatable bonds is 3. The van der Waals surface area contributed by atoms with Gasteiger partial charge in [0.15, 0.2) is 0 Å².